The minimum atomic E-state index is -1.38. The van der Waals surface area contributed by atoms with E-state index in [0.717, 1.165) is 17.5 Å². The molecule has 0 bridgehead atoms. The lowest BCUT2D eigenvalue weighted by Gasteiger charge is -2.40. The largest absolute Gasteiger partial charge is 0.394 e. The van der Waals surface area contributed by atoms with E-state index in [2.05, 4.69) is 24.3 Å². The third kappa shape index (κ3) is 4.21. The van der Waals surface area contributed by atoms with Crippen molar-refractivity contribution in [2.75, 3.05) is 6.61 Å². The molecule has 5 atom stereocenters. The number of hydrogen-bond donors (Lipinski definition) is 4. The summed E-state index contributed by atoms with van der Waals surface area (Å²) in [7, 11) is 0. The van der Waals surface area contributed by atoms with E-state index >= 15 is 0 Å². The second-order valence-electron chi connectivity index (χ2n) is 7.74. The van der Waals surface area contributed by atoms with Gasteiger partial charge < -0.3 is 25.2 Å². The first-order chi connectivity index (χ1) is 14.5. The first kappa shape index (κ1) is 21.2. The Hall–Kier alpha value is -2.06. The maximum absolute atomic E-state index is 10.4. The number of aliphatic hydroxyl groups is 4. The van der Waals surface area contributed by atoms with Crippen LogP contribution in [0.4, 0.5) is 0 Å². The summed E-state index contributed by atoms with van der Waals surface area (Å²) >= 11 is 1.75. The van der Waals surface area contributed by atoms with Crippen LogP contribution in [0.1, 0.15) is 27.7 Å². The molecule has 5 nitrogen and oxygen atoms in total. The lowest BCUT2D eigenvalue weighted by atomic mass is 9.89. The zero-order valence-electron chi connectivity index (χ0n) is 16.7. The predicted octanol–water partition coefficient (Wildman–Crippen LogP) is 2.83. The van der Waals surface area contributed by atoms with E-state index < -0.39 is 37.1 Å². The highest BCUT2D eigenvalue weighted by Crippen LogP contribution is 2.34. The van der Waals surface area contributed by atoms with Gasteiger partial charge in [-0.2, -0.15) is 0 Å². The fourth-order valence-corrected chi connectivity index (χ4v) is 4.89. The minimum Gasteiger partial charge on any atom is -0.394 e. The lowest BCUT2D eigenvalue weighted by molar-refractivity contribution is -0.231. The van der Waals surface area contributed by atoms with Crippen molar-refractivity contribution in [2.24, 2.45) is 0 Å². The van der Waals surface area contributed by atoms with Crippen molar-refractivity contribution >= 4 is 11.3 Å². The smallest absolute Gasteiger partial charge is 0.113 e. The summed E-state index contributed by atoms with van der Waals surface area (Å²) in [4.78, 5) is 2.44. The molecule has 0 saturated carbocycles. The van der Waals surface area contributed by atoms with E-state index in [9.17, 15) is 20.4 Å². The Morgan fingerprint density at radius 1 is 0.900 bits per heavy atom. The third-order valence-corrected chi connectivity index (χ3v) is 6.81. The van der Waals surface area contributed by atoms with E-state index in [4.69, 9.17) is 4.74 Å². The third-order valence-electron chi connectivity index (χ3n) is 5.68. The van der Waals surface area contributed by atoms with Gasteiger partial charge in [-0.25, -0.2) is 0 Å². The zero-order chi connectivity index (χ0) is 21.3. The average molecular weight is 427 g/mol. The number of hydrogen-bond acceptors (Lipinski definition) is 6. The molecule has 3 aromatic rings. The van der Waals surface area contributed by atoms with Gasteiger partial charge in [-0.05, 0) is 41.3 Å². The summed E-state index contributed by atoms with van der Waals surface area (Å²) in [6.07, 6.45) is -4.99. The van der Waals surface area contributed by atoms with Crippen molar-refractivity contribution in [3.63, 3.8) is 0 Å². The van der Waals surface area contributed by atoms with Crippen molar-refractivity contribution in [1.29, 1.82) is 0 Å². The molecule has 0 spiro atoms. The second kappa shape index (κ2) is 8.98. The second-order valence-corrected chi connectivity index (χ2v) is 8.91. The highest BCUT2D eigenvalue weighted by atomic mass is 32.1. The molecule has 1 aromatic heterocycles. The fraction of sp³-hybridized carbons (Fsp3) is 0.333. The summed E-state index contributed by atoms with van der Waals surface area (Å²) < 4.78 is 5.72. The number of aliphatic hydroxyl groups excluding tert-OH is 4. The van der Waals surface area contributed by atoms with Crippen LogP contribution in [-0.2, 0) is 11.2 Å². The molecule has 6 heteroatoms. The molecule has 2 aromatic carbocycles. The Kier molecular flexibility index (Phi) is 6.34. The van der Waals surface area contributed by atoms with Gasteiger partial charge in [0.15, 0.2) is 0 Å². The summed E-state index contributed by atoms with van der Waals surface area (Å²) in [6.45, 7) is 1.61. The van der Waals surface area contributed by atoms with Crippen molar-refractivity contribution in [3.05, 3.63) is 82.2 Å². The van der Waals surface area contributed by atoms with Gasteiger partial charge >= 0.3 is 0 Å². The molecule has 4 rings (SSSR count). The first-order valence-corrected chi connectivity index (χ1v) is 10.8. The Morgan fingerprint density at radius 3 is 2.40 bits per heavy atom. The topological polar surface area (TPSA) is 90.2 Å². The Labute approximate surface area is 179 Å². The highest BCUT2D eigenvalue weighted by molar-refractivity contribution is 7.15. The maximum atomic E-state index is 10.4. The quantitative estimate of drug-likeness (QED) is 0.504. The van der Waals surface area contributed by atoms with Gasteiger partial charge in [0.2, 0.25) is 0 Å². The van der Waals surface area contributed by atoms with Crippen LogP contribution in [0.15, 0.2) is 60.7 Å². The molecule has 0 amide bonds. The SMILES string of the molecule is Cc1ccc([C@H]2O[C@H](CO)[C@@H](O)[C@H](O)[C@H]2O)cc1Cc1ccc(-c2ccccc2)s1. The Morgan fingerprint density at radius 2 is 1.67 bits per heavy atom. The minimum absolute atomic E-state index is 0.433. The van der Waals surface area contributed by atoms with Crippen LogP contribution in [0.5, 0.6) is 0 Å². The van der Waals surface area contributed by atoms with Crippen molar-refractivity contribution in [3.8, 4) is 10.4 Å². The molecule has 158 valence electrons. The molecular formula is C24H26O5S. The van der Waals surface area contributed by atoms with E-state index in [1.54, 1.807) is 11.3 Å². The molecule has 2 heterocycles. The van der Waals surface area contributed by atoms with Gasteiger partial charge in [0.25, 0.3) is 0 Å². The van der Waals surface area contributed by atoms with Crippen molar-refractivity contribution in [1.82, 2.24) is 0 Å². The van der Waals surface area contributed by atoms with Crippen LogP contribution >= 0.6 is 11.3 Å². The molecule has 1 fully saturated rings. The van der Waals surface area contributed by atoms with Crippen molar-refractivity contribution in [2.45, 2.75) is 43.9 Å². The van der Waals surface area contributed by atoms with Crippen LogP contribution in [-0.4, -0.2) is 51.4 Å². The maximum Gasteiger partial charge on any atom is 0.113 e. The first-order valence-electron chi connectivity index (χ1n) is 10.0. The van der Waals surface area contributed by atoms with Gasteiger partial charge in [0, 0.05) is 16.2 Å². The Balaban J connectivity index is 1.57. The molecule has 1 saturated heterocycles. The Bertz CT molecular complexity index is 984. The molecule has 0 aliphatic carbocycles. The lowest BCUT2D eigenvalue weighted by Crippen LogP contribution is -2.55. The fourth-order valence-electron chi connectivity index (χ4n) is 3.85. The van der Waals surface area contributed by atoms with Gasteiger partial charge in [-0.15, -0.1) is 11.3 Å². The number of aryl methyl sites for hydroxylation is 1. The van der Waals surface area contributed by atoms with Crippen LogP contribution in [0.2, 0.25) is 0 Å². The molecular weight excluding hydrogens is 400 g/mol. The van der Waals surface area contributed by atoms with Gasteiger partial charge in [0.1, 0.15) is 30.5 Å². The number of rotatable bonds is 5. The van der Waals surface area contributed by atoms with Crippen LogP contribution in [0, 0.1) is 6.92 Å². The molecule has 0 unspecified atom stereocenters. The average Bonchev–Trinajstić information content (AvgIpc) is 3.23. The van der Waals surface area contributed by atoms with E-state index in [1.165, 1.54) is 15.3 Å². The normalized spacial score (nSPS) is 26.6. The standard InChI is InChI=1S/C24H26O5S/c1-14-7-8-16(24-23(28)22(27)21(26)19(13-25)29-24)11-17(14)12-18-9-10-20(30-18)15-5-3-2-4-6-15/h2-11,19,21-28H,12-13H2,1H3/t19-,21-,22+,23-,24-/m1/s1. The van der Waals surface area contributed by atoms with Crippen molar-refractivity contribution < 1.29 is 25.2 Å². The van der Waals surface area contributed by atoms with Crippen LogP contribution < -0.4 is 0 Å². The predicted molar refractivity (Wildman–Crippen MR) is 116 cm³/mol. The molecule has 1 aliphatic rings. The van der Waals surface area contributed by atoms with E-state index in [1.807, 2.05) is 43.3 Å². The summed E-state index contributed by atoms with van der Waals surface area (Å²) in [6, 6.07) is 20.3. The number of thiophene rings is 1. The number of benzene rings is 2. The molecule has 30 heavy (non-hydrogen) atoms. The highest BCUT2D eigenvalue weighted by Gasteiger charge is 2.43. The van der Waals surface area contributed by atoms with Crippen LogP contribution in [0.25, 0.3) is 10.4 Å². The monoisotopic (exact) mass is 426 g/mol. The van der Waals surface area contributed by atoms with Gasteiger partial charge in [-0.1, -0.05) is 48.5 Å². The number of ether oxygens (including phenoxy) is 1. The summed E-state index contributed by atoms with van der Waals surface area (Å²) in [5.74, 6) is 0. The molecule has 0 radical (unpaired) electrons. The zero-order valence-corrected chi connectivity index (χ0v) is 17.5. The van der Waals surface area contributed by atoms with E-state index in [-0.39, 0.29) is 0 Å². The summed E-state index contributed by atoms with van der Waals surface area (Å²) in [5.41, 5.74) is 4.14. The van der Waals surface area contributed by atoms with E-state index in [0.29, 0.717) is 5.56 Å². The molecule has 1 aliphatic heterocycles. The summed E-state index contributed by atoms with van der Waals surface area (Å²) in [5, 5.41) is 40.0. The van der Waals surface area contributed by atoms with Crippen LogP contribution in [0.3, 0.4) is 0 Å². The van der Waals surface area contributed by atoms with Gasteiger partial charge in [0.05, 0.1) is 6.61 Å². The molecule has 4 N–H and O–H groups in total. The van der Waals surface area contributed by atoms with Gasteiger partial charge in [-0.3, -0.25) is 0 Å².